The molecule has 1 rings (SSSR count). The molecule has 0 amide bonds. The Bertz CT molecular complexity index is 267. The van der Waals surface area contributed by atoms with Gasteiger partial charge in [-0.3, -0.25) is 0 Å². The first-order valence-electron chi connectivity index (χ1n) is 8.33. The number of thioether (sulfide) groups is 1. The monoisotopic (exact) mass is 284 g/mol. The molecule has 0 aliphatic carbocycles. The summed E-state index contributed by atoms with van der Waals surface area (Å²) in [5.41, 5.74) is 0. The first-order chi connectivity index (χ1) is 8.68. The summed E-state index contributed by atoms with van der Waals surface area (Å²) in [5, 5.41) is 1.69. The molecule has 0 spiro atoms. The van der Waals surface area contributed by atoms with Crippen molar-refractivity contribution in [3.8, 4) is 0 Å². The van der Waals surface area contributed by atoms with Crippen LogP contribution in [0.1, 0.15) is 62.3 Å². The Morgan fingerprint density at radius 3 is 1.32 bits per heavy atom. The van der Waals surface area contributed by atoms with Crippen molar-refractivity contribution < 1.29 is 0 Å². The average molecular weight is 285 g/mol. The van der Waals surface area contributed by atoms with Crippen molar-refractivity contribution in [2.75, 3.05) is 0 Å². The number of hydrogen-bond donors (Lipinski definition) is 0. The summed E-state index contributed by atoms with van der Waals surface area (Å²) in [4.78, 5) is 0. The maximum Gasteiger partial charge on any atom is 0.0107 e. The third-order valence-corrected chi connectivity index (χ3v) is 7.58. The molecule has 0 aromatic rings. The van der Waals surface area contributed by atoms with Crippen LogP contribution in [0, 0.1) is 41.4 Å². The van der Waals surface area contributed by atoms with Gasteiger partial charge in [0.25, 0.3) is 0 Å². The summed E-state index contributed by atoms with van der Waals surface area (Å²) in [7, 11) is 0. The summed E-state index contributed by atoms with van der Waals surface area (Å²) in [6.07, 6.45) is 0. The van der Waals surface area contributed by atoms with Gasteiger partial charge in [-0.15, -0.1) is 0 Å². The summed E-state index contributed by atoms with van der Waals surface area (Å²) in [6, 6.07) is 0. The van der Waals surface area contributed by atoms with Gasteiger partial charge >= 0.3 is 0 Å². The summed E-state index contributed by atoms with van der Waals surface area (Å²) >= 11 is 2.31. The highest BCUT2D eigenvalue weighted by molar-refractivity contribution is 8.00. The Hall–Kier alpha value is 0.350. The lowest BCUT2D eigenvalue weighted by Crippen LogP contribution is -2.48. The lowest BCUT2D eigenvalue weighted by atomic mass is 9.65. The maximum atomic E-state index is 2.52. The van der Waals surface area contributed by atoms with Gasteiger partial charge in [-0.25, -0.2) is 0 Å². The molecule has 5 atom stereocenters. The minimum absolute atomic E-state index is 0.799. The fourth-order valence-electron chi connectivity index (χ4n) is 4.43. The normalized spacial score (nSPS) is 36.8. The second kappa shape index (κ2) is 6.87. The minimum Gasteiger partial charge on any atom is -0.154 e. The van der Waals surface area contributed by atoms with Gasteiger partial charge in [0.15, 0.2) is 0 Å². The Morgan fingerprint density at radius 2 is 1.00 bits per heavy atom. The first-order valence-corrected chi connectivity index (χ1v) is 9.28. The fraction of sp³-hybridized carbons (Fsp3) is 1.00. The Balaban J connectivity index is 3.11. The lowest BCUT2D eigenvalue weighted by molar-refractivity contribution is 0.0984. The van der Waals surface area contributed by atoms with Gasteiger partial charge in [0.2, 0.25) is 0 Å². The second-order valence-corrected chi connectivity index (χ2v) is 9.42. The van der Waals surface area contributed by atoms with Gasteiger partial charge in [-0.2, -0.15) is 11.8 Å². The molecule has 1 heteroatoms. The molecule has 0 aromatic heterocycles. The predicted molar refractivity (Wildman–Crippen MR) is 90.7 cm³/mol. The van der Waals surface area contributed by atoms with Crippen LogP contribution < -0.4 is 0 Å². The zero-order valence-electron chi connectivity index (χ0n) is 14.6. The molecule has 0 radical (unpaired) electrons. The van der Waals surface area contributed by atoms with Crippen LogP contribution in [0.4, 0.5) is 0 Å². The number of hydrogen-bond acceptors (Lipinski definition) is 1. The largest absolute Gasteiger partial charge is 0.154 e. The summed E-state index contributed by atoms with van der Waals surface area (Å²) < 4.78 is 0. The Labute approximate surface area is 126 Å². The molecule has 0 aromatic carbocycles. The van der Waals surface area contributed by atoms with Gasteiger partial charge in [0, 0.05) is 10.5 Å². The molecule has 1 aliphatic heterocycles. The van der Waals surface area contributed by atoms with Crippen molar-refractivity contribution in [2.24, 2.45) is 41.4 Å². The molecule has 1 fully saturated rings. The highest BCUT2D eigenvalue weighted by Crippen LogP contribution is 2.52. The van der Waals surface area contributed by atoms with E-state index in [0.29, 0.717) is 0 Å². The van der Waals surface area contributed by atoms with E-state index >= 15 is 0 Å². The van der Waals surface area contributed by atoms with E-state index in [1.807, 2.05) is 0 Å². The SMILES string of the molecule is CC(C)C1SC(C(C)C)C(C(C)C)C(C(C)C)C1C. The van der Waals surface area contributed by atoms with Gasteiger partial charge in [0.05, 0.1) is 0 Å². The molecule has 19 heavy (non-hydrogen) atoms. The smallest absolute Gasteiger partial charge is 0.0107 e. The van der Waals surface area contributed by atoms with Crippen molar-refractivity contribution in [2.45, 2.75) is 72.8 Å². The third-order valence-electron chi connectivity index (χ3n) is 5.12. The molecule has 1 heterocycles. The molecule has 0 saturated carbocycles. The van der Waals surface area contributed by atoms with Crippen LogP contribution in [0.5, 0.6) is 0 Å². The highest BCUT2D eigenvalue weighted by Gasteiger charge is 2.46. The first kappa shape index (κ1) is 17.4. The van der Waals surface area contributed by atoms with E-state index in [4.69, 9.17) is 0 Å². The van der Waals surface area contributed by atoms with Crippen LogP contribution in [0.15, 0.2) is 0 Å². The van der Waals surface area contributed by atoms with Crippen LogP contribution in [0.2, 0.25) is 0 Å². The van der Waals surface area contributed by atoms with Gasteiger partial charge in [-0.05, 0) is 41.4 Å². The fourth-order valence-corrected chi connectivity index (χ4v) is 6.52. The average Bonchev–Trinajstić information content (AvgIpc) is 2.26. The van der Waals surface area contributed by atoms with E-state index in [1.54, 1.807) is 0 Å². The van der Waals surface area contributed by atoms with E-state index in [1.165, 1.54) is 0 Å². The maximum absolute atomic E-state index is 2.52. The van der Waals surface area contributed by atoms with Crippen LogP contribution in [0.25, 0.3) is 0 Å². The topological polar surface area (TPSA) is 0 Å². The zero-order valence-corrected chi connectivity index (χ0v) is 15.4. The van der Waals surface area contributed by atoms with E-state index < -0.39 is 0 Å². The Morgan fingerprint density at radius 1 is 0.579 bits per heavy atom. The highest BCUT2D eigenvalue weighted by atomic mass is 32.2. The number of rotatable bonds is 4. The molecule has 0 nitrogen and oxygen atoms in total. The molecular weight excluding hydrogens is 248 g/mol. The molecule has 1 aliphatic rings. The van der Waals surface area contributed by atoms with Crippen LogP contribution >= 0.6 is 11.8 Å². The zero-order chi connectivity index (χ0) is 14.9. The quantitative estimate of drug-likeness (QED) is 0.613. The van der Waals surface area contributed by atoms with E-state index in [-0.39, 0.29) is 0 Å². The molecule has 5 unspecified atom stereocenters. The van der Waals surface area contributed by atoms with Gasteiger partial charge in [-0.1, -0.05) is 62.3 Å². The summed E-state index contributed by atoms with van der Waals surface area (Å²) in [5.74, 6) is 5.85. The van der Waals surface area contributed by atoms with E-state index in [0.717, 1.165) is 51.9 Å². The lowest BCUT2D eigenvalue weighted by Gasteiger charge is -2.52. The molecule has 1 saturated heterocycles. The predicted octanol–water partition coefficient (Wildman–Crippen LogP) is 5.96. The van der Waals surface area contributed by atoms with Crippen molar-refractivity contribution in [3.63, 3.8) is 0 Å². The van der Waals surface area contributed by atoms with Crippen LogP contribution in [0.3, 0.4) is 0 Å². The van der Waals surface area contributed by atoms with E-state index in [2.05, 4.69) is 74.1 Å². The van der Waals surface area contributed by atoms with Crippen molar-refractivity contribution >= 4 is 11.8 Å². The minimum atomic E-state index is 0.799. The van der Waals surface area contributed by atoms with Gasteiger partial charge in [0.1, 0.15) is 0 Å². The molecule has 0 N–H and O–H groups in total. The van der Waals surface area contributed by atoms with Crippen LogP contribution in [-0.4, -0.2) is 10.5 Å². The van der Waals surface area contributed by atoms with Crippen molar-refractivity contribution in [1.29, 1.82) is 0 Å². The Kier molecular flexibility index (Phi) is 6.29. The van der Waals surface area contributed by atoms with Crippen LogP contribution in [-0.2, 0) is 0 Å². The molecular formula is C18H36S. The van der Waals surface area contributed by atoms with E-state index in [9.17, 15) is 0 Å². The third kappa shape index (κ3) is 3.71. The molecule has 0 bridgehead atoms. The molecule has 114 valence electrons. The van der Waals surface area contributed by atoms with Gasteiger partial charge < -0.3 is 0 Å². The summed E-state index contributed by atoms with van der Waals surface area (Å²) in [6.45, 7) is 22.0. The second-order valence-electron chi connectivity index (χ2n) is 8.06. The van der Waals surface area contributed by atoms with Crippen molar-refractivity contribution in [1.82, 2.24) is 0 Å². The van der Waals surface area contributed by atoms with Crippen molar-refractivity contribution in [3.05, 3.63) is 0 Å². The standard InChI is InChI=1S/C18H36S/c1-10(2)15-14(9)17(12(5)6)19-18(13(7)8)16(15)11(3)4/h10-18H,1-9H3.